The van der Waals surface area contributed by atoms with E-state index in [4.69, 9.17) is 4.74 Å². The van der Waals surface area contributed by atoms with Crippen LogP contribution in [0.5, 0.6) is 0 Å². The summed E-state index contributed by atoms with van der Waals surface area (Å²) in [5.41, 5.74) is 0.236. The molecule has 8 heteroatoms. The zero-order valence-electron chi connectivity index (χ0n) is 14.4. The van der Waals surface area contributed by atoms with E-state index in [0.717, 1.165) is 5.56 Å². The van der Waals surface area contributed by atoms with Crippen molar-refractivity contribution in [1.82, 2.24) is 14.7 Å². The number of nitrogens with zero attached hydrogens (tertiary/aromatic N) is 3. The molecule has 1 fully saturated rings. The predicted octanol–water partition coefficient (Wildman–Crippen LogP) is 1.94. The minimum Gasteiger partial charge on any atom is -0.444 e. The Morgan fingerprint density at radius 1 is 1.30 bits per heavy atom. The summed E-state index contributed by atoms with van der Waals surface area (Å²) in [6.07, 6.45) is 3.92. The Kier molecular flexibility index (Phi) is 4.75. The van der Waals surface area contributed by atoms with E-state index in [-0.39, 0.29) is 17.0 Å². The molecular weight excluding hydrogens is 318 g/mol. The molecule has 0 spiro atoms. The first-order valence-corrected chi connectivity index (χ1v) is 9.58. The van der Waals surface area contributed by atoms with Gasteiger partial charge in [0.2, 0.25) is 0 Å². The second-order valence-corrected chi connectivity index (χ2v) is 8.97. The second kappa shape index (κ2) is 6.14. The van der Waals surface area contributed by atoms with Crippen molar-refractivity contribution in [2.45, 2.75) is 50.2 Å². The molecule has 130 valence electrons. The molecule has 1 saturated heterocycles. The largest absolute Gasteiger partial charge is 0.444 e. The lowest BCUT2D eigenvalue weighted by Gasteiger charge is -2.33. The van der Waals surface area contributed by atoms with Crippen LogP contribution in [0, 0.1) is 0 Å². The van der Waals surface area contributed by atoms with Crippen LogP contribution in [0.3, 0.4) is 0 Å². The molecule has 0 N–H and O–H groups in total. The van der Waals surface area contributed by atoms with Gasteiger partial charge in [0.05, 0.1) is 6.20 Å². The summed E-state index contributed by atoms with van der Waals surface area (Å²) < 4.78 is 30.7. The van der Waals surface area contributed by atoms with Crippen LogP contribution < -0.4 is 0 Å². The molecule has 0 aromatic carbocycles. The number of carbonyl (C=O) groups excluding carboxylic acids is 1. The van der Waals surface area contributed by atoms with Crippen molar-refractivity contribution in [3.05, 3.63) is 11.8 Å². The first kappa shape index (κ1) is 17.8. The Hall–Kier alpha value is -1.57. The summed E-state index contributed by atoms with van der Waals surface area (Å²) in [4.78, 5) is 13.8. The molecule has 1 aromatic rings. The quantitative estimate of drug-likeness (QED) is 0.819. The number of aromatic nitrogens is 2. The topological polar surface area (TPSA) is 81.5 Å². The van der Waals surface area contributed by atoms with Crippen molar-refractivity contribution < 1.29 is 17.9 Å². The number of ether oxygens (including phenoxy) is 1. The average Bonchev–Trinajstić information content (AvgIpc) is 2.79. The van der Waals surface area contributed by atoms with Crippen molar-refractivity contribution in [1.29, 1.82) is 0 Å². The van der Waals surface area contributed by atoms with Gasteiger partial charge in [-0.3, -0.25) is 4.68 Å². The van der Waals surface area contributed by atoms with E-state index < -0.39 is 15.4 Å². The number of rotatable bonds is 2. The number of sulfone groups is 1. The maximum atomic E-state index is 12.1. The van der Waals surface area contributed by atoms with Gasteiger partial charge in [0.25, 0.3) is 0 Å². The first-order chi connectivity index (χ1) is 10.5. The lowest BCUT2D eigenvalue weighted by atomic mass is 9.92. The van der Waals surface area contributed by atoms with Crippen LogP contribution in [-0.4, -0.2) is 54.1 Å². The first-order valence-electron chi connectivity index (χ1n) is 7.69. The number of aryl methyl sites for hydroxylation is 1. The molecule has 2 heterocycles. The fraction of sp³-hybridized carbons (Fsp3) is 0.733. The van der Waals surface area contributed by atoms with Gasteiger partial charge in [-0.1, -0.05) is 0 Å². The number of likely N-dealkylation sites (tertiary alicyclic amines) is 1. The highest BCUT2D eigenvalue weighted by atomic mass is 32.2. The Bertz CT molecular complexity index is 680. The summed E-state index contributed by atoms with van der Waals surface area (Å²) in [6, 6.07) is 0. The number of amides is 1. The minimum absolute atomic E-state index is 0.0899. The number of hydrogen-bond acceptors (Lipinski definition) is 5. The van der Waals surface area contributed by atoms with Gasteiger partial charge < -0.3 is 9.64 Å². The van der Waals surface area contributed by atoms with Gasteiger partial charge in [-0.2, -0.15) is 5.10 Å². The van der Waals surface area contributed by atoms with E-state index >= 15 is 0 Å². The Balaban J connectivity index is 2.08. The zero-order valence-corrected chi connectivity index (χ0v) is 15.2. The third-order valence-corrected chi connectivity index (χ3v) is 5.05. The number of hydrogen-bond donors (Lipinski definition) is 0. The highest BCUT2D eigenvalue weighted by Crippen LogP contribution is 2.32. The fourth-order valence-electron chi connectivity index (χ4n) is 2.88. The van der Waals surface area contributed by atoms with Crippen molar-refractivity contribution in [3.8, 4) is 0 Å². The molecule has 1 aromatic heterocycles. The van der Waals surface area contributed by atoms with Crippen LogP contribution in [-0.2, 0) is 21.6 Å². The van der Waals surface area contributed by atoms with Crippen molar-refractivity contribution in [2.75, 3.05) is 19.3 Å². The van der Waals surface area contributed by atoms with Crippen molar-refractivity contribution in [3.63, 3.8) is 0 Å². The maximum Gasteiger partial charge on any atom is 0.410 e. The van der Waals surface area contributed by atoms with Gasteiger partial charge >= 0.3 is 6.09 Å². The number of carbonyl (C=O) groups is 1. The Morgan fingerprint density at radius 3 is 2.35 bits per heavy atom. The predicted molar refractivity (Wildman–Crippen MR) is 86.1 cm³/mol. The molecule has 0 aliphatic carbocycles. The van der Waals surface area contributed by atoms with Crippen LogP contribution in [0.25, 0.3) is 0 Å². The van der Waals surface area contributed by atoms with Crippen LogP contribution in [0.2, 0.25) is 0 Å². The lowest BCUT2D eigenvalue weighted by Crippen LogP contribution is -2.41. The van der Waals surface area contributed by atoms with Crippen molar-refractivity contribution in [2.24, 2.45) is 7.05 Å². The molecule has 0 bridgehead atoms. The van der Waals surface area contributed by atoms with Gasteiger partial charge in [-0.25, -0.2) is 13.2 Å². The SMILES string of the molecule is Cn1ncc(C2CCN(C(=O)OC(C)(C)C)CC2)c1S(C)(=O)=O. The summed E-state index contributed by atoms with van der Waals surface area (Å²) in [5.74, 6) is 0.0899. The van der Waals surface area contributed by atoms with E-state index in [2.05, 4.69) is 5.10 Å². The van der Waals surface area contributed by atoms with Gasteiger partial charge in [0, 0.05) is 32.0 Å². The third kappa shape index (κ3) is 4.25. The number of piperidine rings is 1. The zero-order chi connectivity index (χ0) is 17.4. The normalized spacial score (nSPS) is 17.3. The van der Waals surface area contributed by atoms with E-state index in [1.807, 2.05) is 20.8 Å². The molecule has 2 rings (SSSR count). The summed E-state index contributed by atoms with van der Waals surface area (Å²) in [6.45, 7) is 6.62. The van der Waals surface area contributed by atoms with Crippen LogP contribution in [0.4, 0.5) is 4.79 Å². The van der Waals surface area contributed by atoms with E-state index in [9.17, 15) is 13.2 Å². The van der Waals surface area contributed by atoms with Crippen LogP contribution in [0.15, 0.2) is 11.2 Å². The van der Waals surface area contributed by atoms with E-state index in [0.29, 0.717) is 25.9 Å². The smallest absolute Gasteiger partial charge is 0.410 e. The molecule has 1 aliphatic heterocycles. The fourth-order valence-corrected chi connectivity index (χ4v) is 4.05. The summed E-state index contributed by atoms with van der Waals surface area (Å²) in [5, 5.41) is 4.36. The molecule has 23 heavy (non-hydrogen) atoms. The van der Waals surface area contributed by atoms with Gasteiger partial charge in [0.15, 0.2) is 14.9 Å². The molecular formula is C15H25N3O4S. The Labute approximate surface area is 137 Å². The molecule has 0 unspecified atom stereocenters. The Morgan fingerprint density at radius 2 is 1.87 bits per heavy atom. The standard InChI is InChI=1S/C15H25N3O4S/c1-15(2,3)22-14(19)18-8-6-11(7-9-18)12-10-16-17(4)13(12)23(5,20)21/h10-11H,6-9H2,1-5H3. The molecule has 0 saturated carbocycles. The van der Waals surface area contributed by atoms with Crippen LogP contribution in [0.1, 0.15) is 45.1 Å². The monoisotopic (exact) mass is 343 g/mol. The molecule has 0 radical (unpaired) electrons. The second-order valence-electron chi connectivity index (χ2n) is 7.04. The minimum atomic E-state index is -3.33. The molecule has 1 amide bonds. The van der Waals surface area contributed by atoms with Gasteiger partial charge in [0.1, 0.15) is 5.60 Å². The van der Waals surface area contributed by atoms with Crippen molar-refractivity contribution >= 4 is 15.9 Å². The maximum absolute atomic E-state index is 12.1. The third-order valence-electron chi connectivity index (χ3n) is 3.85. The van der Waals surface area contributed by atoms with Crippen LogP contribution >= 0.6 is 0 Å². The summed E-state index contributed by atoms with van der Waals surface area (Å²) >= 11 is 0. The summed E-state index contributed by atoms with van der Waals surface area (Å²) in [7, 11) is -1.69. The van der Waals surface area contributed by atoms with E-state index in [1.165, 1.54) is 10.9 Å². The van der Waals surface area contributed by atoms with Gasteiger partial charge in [-0.15, -0.1) is 0 Å². The molecule has 0 atom stereocenters. The van der Waals surface area contributed by atoms with E-state index in [1.54, 1.807) is 18.1 Å². The van der Waals surface area contributed by atoms with Gasteiger partial charge in [-0.05, 0) is 39.5 Å². The highest BCUT2D eigenvalue weighted by Gasteiger charge is 2.31. The lowest BCUT2D eigenvalue weighted by molar-refractivity contribution is 0.0204. The molecule has 7 nitrogen and oxygen atoms in total. The highest BCUT2D eigenvalue weighted by molar-refractivity contribution is 7.90. The molecule has 1 aliphatic rings. The average molecular weight is 343 g/mol.